The lowest BCUT2D eigenvalue weighted by atomic mass is 9.78. The highest BCUT2D eigenvalue weighted by atomic mass is 32.2. The summed E-state index contributed by atoms with van der Waals surface area (Å²) < 4.78 is 33.2. The molecule has 168 valence electrons. The zero-order valence-electron chi connectivity index (χ0n) is 18.2. The minimum atomic E-state index is -3.62. The number of likely N-dealkylation sites (tertiary alicyclic amines) is 1. The molecule has 8 heteroatoms. The van der Waals surface area contributed by atoms with Gasteiger partial charge in [-0.3, -0.25) is 4.79 Å². The first-order valence-corrected chi connectivity index (χ1v) is 12.3. The predicted molar refractivity (Wildman–Crippen MR) is 115 cm³/mol. The van der Waals surface area contributed by atoms with Crippen molar-refractivity contribution in [2.75, 3.05) is 39.4 Å². The van der Waals surface area contributed by atoms with Gasteiger partial charge >= 0.3 is 0 Å². The monoisotopic (exact) mass is 438 g/mol. The number of hydrogen-bond donors (Lipinski definition) is 1. The molecule has 1 amide bonds. The second kappa shape index (κ2) is 9.66. The lowest BCUT2D eigenvalue weighted by Gasteiger charge is -2.37. The number of rotatable bonds is 7. The third-order valence-corrected chi connectivity index (χ3v) is 8.26. The summed E-state index contributed by atoms with van der Waals surface area (Å²) in [7, 11) is -3.62. The van der Waals surface area contributed by atoms with E-state index in [9.17, 15) is 18.3 Å². The van der Waals surface area contributed by atoms with Gasteiger partial charge in [-0.2, -0.15) is 4.31 Å². The van der Waals surface area contributed by atoms with E-state index < -0.39 is 10.0 Å². The van der Waals surface area contributed by atoms with Gasteiger partial charge in [-0.1, -0.05) is 13.8 Å². The third-order valence-electron chi connectivity index (χ3n) is 6.42. The quantitative estimate of drug-likeness (QED) is 0.705. The van der Waals surface area contributed by atoms with Crippen molar-refractivity contribution in [2.45, 2.75) is 38.5 Å². The number of sulfonamides is 1. The van der Waals surface area contributed by atoms with E-state index in [2.05, 4.69) is 0 Å². The molecular weight excluding hydrogens is 404 g/mol. The molecule has 0 aliphatic carbocycles. The summed E-state index contributed by atoms with van der Waals surface area (Å²) in [5.74, 6) is 1.18. The van der Waals surface area contributed by atoms with Gasteiger partial charge in [0.2, 0.25) is 15.9 Å². The smallest absolute Gasteiger partial charge is 0.243 e. The molecule has 1 aromatic rings. The van der Waals surface area contributed by atoms with Crippen LogP contribution < -0.4 is 4.74 Å². The highest BCUT2D eigenvalue weighted by Crippen LogP contribution is 2.38. The highest BCUT2D eigenvalue weighted by Gasteiger charge is 2.43. The summed E-state index contributed by atoms with van der Waals surface area (Å²) in [6.45, 7) is 8.39. The van der Waals surface area contributed by atoms with Gasteiger partial charge < -0.3 is 14.7 Å². The largest absolute Gasteiger partial charge is 0.494 e. The topological polar surface area (TPSA) is 87.2 Å². The fourth-order valence-electron chi connectivity index (χ4n) is 4.72. The van der Waals surface area contributed by atoms with Crippen molar-refractivity contribution >= 4 is 15.9 Å². The van der Waals surface area contributed by atoms with Crippen molar-refractivity contribution < 1.29 is 23.1 Å². The van der Waals surface area contributed by atoms with Crippen LogP contribution in [0.5, 0.6) is 5.75 Å². The molecule has 2 heterocycles. The maximum Gasteiger partial charge on any atom is 0.243 e. The van der Waals surface area contributed by atoms with Crippen LogP contribution in [-0.4, -0.2) is 68.0 Å². The summed E-state index contributed by atoms with van der Waals surface area (Å²) in [5.41, 5.74) is 0. The van der Waals surface area contributed by atoms with E-state index in [1.54, 1.807) is 24.3 Å². The summed E-state index contributed by atoms with van der Waals surface area (Å²) >= 11 is 0. The van der Waals surface area contributed by atoms with Crippen molar-refractivity contribution in [1.82, 2.24) is 9.21 Å². The first-order valence-electron chi connectivity index (χ1n) is 10.9. The van der Waals surface area contributed by atoms with Crippen molar-refractivity contribution in [3.63, 3.8) is 0 Å². The summed E-state index contributed by atoms with van der Waals surface area (Å²) in [5, 5.41) is 9.93. The molecule has 0 spiro atoms. The average Bonchev–Trinajstić information content (AvgIpc) is 3.19. The zero-order chi connectivity index (χ0) is 21.9. The lowest BCUT2D eigenvalue weighted by molar-refractivity contribution is -0.136. The van der Waals surface area contributed by atoms with E-state index >= 15 is 0 Å². The van der Waals surface area contributed by atoms with Crippen LogP contribution >= 0.6 is 0 Å². The lowest BCUT2D eigenvalue weighted by Crippen LogP contribution is -2.43. The van der Waals surface area contributed by atoms with Crippen LogP contribution in [0.25, 0.3) is 0 Å². The van der Waals surface area contributed by atoms with Gasteiger partial charge in [0, 0.05) is 44.6 Å². The molecule has 0 unspecified atom stereocenters. The number of benzene rings is 1. The van der Waals surface area contributed by atoms with E-state index in [1.807, 2.05) is 25.7 Å². The van der Waals surface area contributed by atoms with Gasteiger partial charge in [-0.15, -0.1) is 0 Å². The molecule has 2 aliphatic rings. The van der Waals surface area contributed by atoms with Crippen LogP contribution in [0.3, 0.4) is 0 Å². The molecular formula is C22H34N2O5S. The Kier molecular flexibility index (Phi) is 7.42. The fraction of sp³-hybridized carbons (Fsp3) is 0.682. The van der Waals surface area contributed by atoms with E-state index in [-0.39, 0.29) is 35.2 Å². The molecule has 30 heavy (non-hydrogen) atoms. The molecule has 0 saturated carbocycles. The van der Waals surface area contributed by atoms with Crippen molar-refractivity contribution in [3.8, 4) is 5.75 Å². The molecule has 7 nitrogen and oxygen atoms in total. The van der Waals surface area contributed by atoms with Crippen LogP contribution in [0.15, 0.2) is 29.2 Å². The Balaban J connectivity index is 1.68. The maximum atomic E-state index is 13.2. The van der Waals surface area contributed by atoms with Gasteiger partial charge in [0.05, 0.1) is 11.5 Å². The normalized spacial score (nSPS) is 23.8. The van der Waals surface area contributed by atoms with Crippen LogP contribution in [-0.2, 0) is 14.8 Å². The van der Waals surface area contributed by atoms with Gasteiger partial charge in [-0.05, 0) is 55.9 Å². The SMILES string of the molecule is CCOc1ccc(S(=O)(=O)N2C[C@@H](CO)[C@H](C3CCN(C(=O)C(C)C)CC3)C2)cc1. The first kappa shape index (κ1) is 23.0. The minimum Gasteiger partial charge on any atom is -0.494 e. The van der Waals surface area contributed by atoms with E-state index in [0.717, 1.165) is 12.8 Å². The van der Waals surface area contributed by atoms with Gasteiger partial charge in [-0.25, -0.2) is 8.42 Å². The molecule has 1 N–H and O–H groups in total. The van der Waals surface area contributed by atoms with Crippen molar-refractivity contribution in [1.29, 1.82) is 0 Å². The van der Waals surface area contributed by atoms with Crippen LogP contribution in [0.2, 0.25) is 0 Å². The Bertz CT molecular complexity index is 816. The van der Waals surface area contributed by atoms with E-state index in [0.29, 0.717) is 44.5 Å². The van der Waals surface area contributed by atoms with E-state index in [4.69, 9.17) is 4.74 Å². The second-order valence-electron chi connectivity index (χ2n) is 8.65. The Morgan fingerprint density at radius 1 is 1.17 bits per heavy atom. The number of piperidine rings is 1. The zero-order valence-corrected chi connectivity index (χ0v) is 19.0. The number of carbonyl (C=O) groups excluding carboxylic acids is 1. The van der Waals surface area contributed by atoms with Gasteiger partial charge in [0.25, 0.3) is 0 Å². The summed E-state index contributed by atoms with van der Waals surface area (Å²) in [6.07, 6.45) is 1.72. The minimum absolute atomic E-state index is 0.00651. The van der Waals surface area contributed by atoms with Crippen LogP contribution in [0.1, 0.15) is 33.6 Å². The van der Waals surface area contributed by atoms with Crippen LogP contribution in [0, 0.1) is 23.7 Å². The number of ether oxygens (including phenoxy) is 1. The first-order chi connectivity index (χ1) is 14.3. The molecule has 3 rings (SSSR count). The standard InChI is InChI=1S/C22H34N2O5S/c1-4-29-19-5-7-20(8-6-19)30(27,28)24-13-18(15-25)21(14-24)17-9-11-23(12-10-17)22(26)16(2)3/h5-8,16-18,21,25H,4,9-15H2,1-3H3/t18-,21-/m0/s1. The molecule has 1 aromatic carbocycles. The Hall–Kier alpha value is -1.64. The molecule has 2 saturated heterocycles. The highest BCUT2D eigenvalue weighted by molar-refractivity contribution is 7.89. The molecule has 2 aliphatic heterocycles. The van der Waals surface area contributed by atoms with E-state index in [1.165, 1.54) is 4.31 Å². The Morgan fingerprint density at radius 2 is 1.80 bits per heavy atom. The molecule has 2 fully saturated rings. The summed E-state index contributed by atoms with van der Waals surface area (Å²) in [6, 6.07) is 6.51. The molecule has 0 aromatic heterocycles. The molecule has 2 atom stereocenters. The van der Waals surface area contributed by atoms with Crippen LogP contribution in [0.4, 0.5) is 0 Å². The van der Waals surface area contributed by atoms with Gasteiger partial charge in [0.1, 0.15) is 5.75 Å². The maximum absolute atomic E-state index is 13.2. The van der Waals surface area contributed by atoms with Gasteiger partial charge in [0.15, 0.2) is 0 Å². The number of amides is 1. The Morgan fingerprint density at radius 3 is 2.33 bits per heavy atom. The van der Waals surface area contributed by atoms with Crippen molar-refractivity contribution in [2.24, 2.45) is 23.7 Å². The number of hydrogen-bond acceptors (Lipinski definition) is 5. The predicted octanol–water partition coefficient (Wildman–Crippen LogP) is 2.21. The molecule has 0 bridgehead atoms. The Labute approximate surface area is 180 Å². The number of nitrogens with zero attached hydrogens (tertiary/aromatic N) is 2. The number of aliphatic hydroxyl groups is 1. The molecule has 0 radical (unpaired) electrons. The number of aliphatic hydroxyl groups excluding tert-OH is 1. The number of carbonyl (C=O) groups is 1. The average molecular weight is 439 g/mol. The summed E-state index contributed by atoms with van der Waals surface area (Å²) in [4.78, 5) is 14.4. The van der Waals surface area contributed by atoms with Crippen molar-refractivity contribution in [3.05, 3.63) is 24.3 Å². The third kappa shape index (κ3) is 4.81. The fourth-order valence-corrected chi connectivity index (χ4v) is 6.25. The second-order valence-corrected chi connectivity index (χ2v) is 10.6.